The van der Waals surface area contributed by atoms with E-state index < -0.39 is 14.6 Å². The molecule has 0 saturated heterocycles. The first-order chi connectivity index (χ1) is 15.8. The molecule has 33 heavy (non-hydrogen) atoms. The molecule has 1 aliphatic rings. The minimum absolute atomic E-state index is 0.248. The summed E-state index contributed by atoms with van der Waals surface area (Å²) in [5.74, 6) is 1.55. The van der Waals surface area contributed by atoms with Gasteiger partial charge in [-0.2, -0.15) is 0 Å². The molecular weight excluding hydrogens is 449 g/mol. The van der Waals surface area contributed by atoms with Crippen LogP contribution in [0.15, 0.2) is 41.3 Å². The van der Waals surface area contributed by atoms with Crippen LogP contribution in [0.5, 0.6) is 17.2 Å². The van der Waals surface area contributed by atoms with Crippen LogP contribution in [0.1, 0.15) is 25.3 Å². The molecule has 2 heterocycles. The van der Waals surface area contributed by atoms with E-state index in [1.165, 1.54) is 10.8 Å². The lowest BCUT2D eigenvalue weighted by molar-refractivity contribution is -0.344. The normalized spacial score (nSPS) is 13.5. The number of nitrogens with zero attached hydrogens (tertiary/aromatic N) is 1. The minimum Gasteiger partial charge on any atom is -0.790 e. The Labute approximate surface area is 190 Å². The largest absolute Gasteiger partial charge is 0.790 e. The first kappa shape index (κ1) is 23.3. The molecular formula is C23H24NO8P-2. The maximum absolute atomic E-state index is 13.8. The van der Waals surface area contributed by atoms with Gasteiger partial charge in [-0.15, -0.1) is 0 Å². The molecule has 10 heteroatoms. The van der Waals surface area contributed by atoms with Crippen LogP contribution in [-0.2, 0) is 22.2 Å². The van der Waals surface area contributed by atoms with Gasteiger partial charge < -0.3 is 37.7 Å². The first-order valence-electron chi connectivity index (χ1n) is 10.6. The number of phosphoric acid groups is 1. The Morgan fingerprint density at radius 3 is 2.64 bits per heavy atom. The first-order valence-corrected chi connectivity index (χ1v) is 12.1. The third-order valence-corrected chi connectivity index (χ3v) is 5.85. The number of rotatable bonds is 8. The molecule has 0 N–H and O–H groups in total. The zero-order valence-corrected chi connectivity index (χ0v) is 19.3. The topological polar surface area (TPSA) is 122 Å². The smallest absolute Gasteiger partial charge is 0.197 e. The fourth-order valence-electron chi connectivity index (χ4n) is 3.95. The molecule has 0 atom stereocenters. The van der Waals surface area contributed by atoms with E-state index in [0.717, 1.165) is 18.4 Å². The average Bonchev–Trinajstić information content (AvgIpc) is 2.81. The summed E-state index contributed by atoms with van der Waals surface area (Å²) >= 11 is 0. The second-order valence-electron chi connectivity index (χ2n) is 7.65. The number of hydrogen-bond donors (Lipinski definition) is 0. The molecule has 0 radical (unpaired) electrons. The Morgan fingerprint density at radius 1 is 1.21 bits per heavy atom. The number of aryl methyl sites for hydroxylation is 1. The Morgan fingerprint density at radius 2 is 1.97 bits per heavy atom. The standard InChI is InChI=1S/C23H26NO8P/c1-3-10-30-20-12-19-17(5-4-11-31-19)21-22(20)24(14-32-33(26,27)28)13-18(23(21)25)15-6-8-16(29-2)9-7-15/h6-9,12-13H,3-5,10-11,14H2,1-2H3,(H2,26,27,28)/p-2. The number of pyridine rings is 1. The lowest BCUT2D eigenvalue weighted by atomic mass is 9.96. The van der Waals surface area contributed by atoms with Gasteiger partial charge in [-0.3, -0.25) is 4.79 Å². The fraction of sp³-hybridized carbons (Fsp3) is 0.348. The van der Waals surface area contributed by atoms with Crippen molar-refractivity contribution in [2.75, 3.05) is 20.3 Å². The number of phosphoric ester groups is 1. The summed E-state index contributed by atoms with van der Waals surface area (Å²) in [5.41, 5.74) is 1.77. The van der Waals surface area contributed by atoms with E-state index in [4.69, 9.17) is 14.2 Å². The molecule has 1 aliphatic heterocycles. The number of methoxy groups -OCH3 is 1. The molecule has 0 spiro atoms. The molecule has 0 aliphatic carbocycles. The third kappa shape index (κ3) is 4.91. The van der Waals surface area contributed by atoms with Gasteiger partial charge in [0.1, 0.15) is 24.0 Å². The Hall–Kier alpha value is -2.84. The van der Waals surface area contributed by atoms with E-state index in [1.807, 2.05) is 6.92 Å². The molecule has 9 nitrogen and oxygen atoms in total. The molecule has 4 rings (SSSR count). The number of fused-ring (bicyclic) bond motifs is 3. The summed E-state index contributed by atoms with van der Waals surface area (Å²) in [6.45, 7) is 2.26. The average molecular weight is 473 g/mol. The molecule has 3 aromatic rings. The number of hydrogen-bond acceptors (Lipinski definition) is 8. The van der Waals surface area contributed by atoms with Crippen molar-refractivity contribution in [3.63, 3.8) is 0 Å². The van der Waals surface area contributed by atoms with Gasteiger partial charge >= 0.3 is 0 Å². The van der Waals surface area contributed by atoms with Crippen molar-refractivity contribution >= 4 is 18.7 Å². The molecule has 0 saturated carbocycles. The second-order valence-corrected chi connectivity index (χ2v) is 8.80. The predicted octanol–water partition coefficient (Wildman–Crippen LogP) is 2.59. The van der Waals surface area contributed by atoms with Crippen LogP contribution < -0.4 is 29.4 Å². The minimum atomic E-state index is -5.26. The maximum Gasteiger partial charge on any atom is 0.197 e. The van der Waals surface area contributed by atoms with Crippen LogP contribution >= 0.6 is 7.82 Å². The molecule has 0 fully saturated rings. The highest BCUT2D eigenvalue weighted by molar-refractivity contribution is 7.43. The molecule has 2 aromatic carbocycles. The summed E-state index contributed by atoms with van der Waals surface area (Å²) in [6, 6.07) is 8.63. The number of aromatic nitrogens is 1. The third-order valence-electron chi connectivity index (χ3n) is 5.42. The van der Waals surface area contributed by atoms with Crippen molar-refractivity contribution in [3.05, 3.63) is 52.3 Å². The van der Waals surface area contributed by atoms with Gasteiger partial charge in [0.25, 0.3) is 0 Å². The zero-order valence-electron chi connectivity index (χ0n) is 18.4. The van der Waals surface area contributed by atoms with E-state index in [2.05, 4.69) is 4.52 Å². The van der Waals surface area contributed by atoms with Crippen LogP contribution in [0.25, 0.3) is 22.0 Å². The highest BCUT2D eigenvalue weighted by Crippen LogP contribution is 2.39. The highest BCUT2D eigenvalue weighted by Gasteiger charge is 2.24. The lowest BCUT2D eigenvalue weighted by Crippen LogP contribution is -2.21. The van der Waals surface area contributed by atoms with Crippen LogP contribution in [0.4, 0.5) is 0 Å². The molecule has 0 unspecified atom stereocenters. The van der Waals surface area contributed by atoms with Gasteiger partial charge in [0.2, 0.25) is 0 Å². The van der Waals surface area contributed by atoms with Crippen molar-refractivity contribution in [2.24, 2.45) is 0 Å². The molecule has 1 aromatic heterocycles. The van der Waals surface area contributed by atoms with Crippen molar-refractivity contribution in [2.45, 2.75) is 32.9 Å². The monoisotopic (exact) mass is 473 g/mol. The SMILES string of the molecule is CCCOc1cc2c(c3c(=O)c(-c4ccc(OC)cc4)cn(COP(=O)([O-])[O-])c13)CCCO2. The van der Waals surface area contributed by atoms with Crippen molar-refractivity contribution in [3.8, 4) is 28.4 Å². The van der Waals surface area contributed by atoms with Gasteiger partial charge in [-0.1, -0.05) is 19.1 Å². The summed E-state index contributed by atoms with van der Waals surface area (Å²) in [5, 5.41) is 0.363. The second kappa shape index (κ2) is 9.57. The summed E-state index contributed by atoms with van der Waals surface area (Å²) in [4.78, 5) is 36.2. The van der Waals surface area contributed by atoms with E-state index in [1.54, 1.807) is 37.4 Å². The Bertz CT molecular complexity index is 1260. The maximum atomic E-state index is 13.8. The fourth-order valence-corrected chi connectivity index (χ4v) is 4.21. The van der Waals surface area contributed by atoms with E-state index in [9.17, 15) is 19.1 Å². The van der Waals surface area contributed by atoms with E-state index >= 15 is 0 Å². The summed E-state index contributed by atoms with van der Waals surface area (Å²) in [7, 11) is -3.71. The highest BCUT2D eigenvalue weighted by atomic mass is 31.2. The van der Waals surface area contributed by atoms with Crippen LogP contribution in [0.3, 0.4) is 0 Å². The zero-order chi connectivity index (χ0) is 23.6. The predicted molar refractivity (Wildman–Crippen MR) is 118 cm³/mol. The molecule has 0 amide bonds. The van der Waals surface area contributed by atoms with E-state index in [-0.39, 0.29) is 5.43 Å². The van der Waals surface area contributed by atoms with Gasteiger partial charge in [-0.25, -0.2) is 0 Å². The van der Waals surface area contributed by atoms with Crippen LogP contribution in [-0.4, -0.2) is 24.9 Å². The van der Waals surface area contributed by atoms with Gasteiger partial charge in [0.15, 0.2) is 5.43 Å². The van der Waals surface area contributed by atoms with Crippen molar-refractivity contribution < 1.29 is 33.1 Å². The summed E-state index contributed by atoms with van der Waals surface area (Å²) in [6.07, 6.45) is 3.55. The quantitative estimate of drug-likeness (QED) is 0.458. The van der Waals surface area contributed by atoms with E-state index in [0.29, 0.717) is 58.9 Å². The summed E-state index contributed by atoms with van der Waals surface area (Å²) < 4.78 is 34.2. The Kier molecular flexibility index (Phi) is 6.76. The van der Waals surface area contributed by atoms with Crippen molar-refractivity contribution in [1.29, 1.82) is 0 Å². The van der Waals surface area contributed by atoms with Gasteiger partial charge in [-0.05, 0) is 37.0 Å². The lowest BCUT2D eigenvalue weighted by Gasteiger charge is -2.30. The molecule has 0 bridgehead atoms. The molecule has 176 valence electrons. The van der Waals surface area contributed by atoms with Crippen LogP contribution in [0, 0.1) is 0 Å². The van der Waals surface area contributed by atoms with Gasteiger partial charge in [0.05, 0.1) is 39.0 Å². The van der Waals surface area contributed by atoms with Crippen molar-refractivity contribution in [1.82, 2.24) is 4.57 Å². The number of ether oxygens (including phenoxy) is 3. The van der Waals surface area contributed by atoms with Gasteiger partial charge in [0, 0.05) is 23.4 Å². The number of benzene rings is 2. The van der Waals surface area contributed by atoms with Crippen LogP contribution in [0.2, 0.25) is 0 Å². The Balaban J connectivity index is 2.02.